The lowest BCUT2D eigenvalue weighted by molar-refractivity contribution is 0.248. The Balaban J connectivity index is 3.20. The lowest BCUT2D eigenvalue weighted by Gasteiger charge is -2.16. The van der Waals surface area contributed by atoms with E-state index in [-0.39, 0.29) is 0 Å². The van der Waals surface area contributed by atoms with Crippen LogP contribution in [0.2, 0.25) is 0 Å². The van der Waals surface area contributed by atoms with Crippen LogP contribution in [0, 0.1) is 0 Å². The fourth-order valence-corrected chi connectivity index (χ4v) is 0.535. The Morgan fingerprint density at radius 2 is 2.00 bits per heavy atom. The van der Waals surface area contributed by atoms with Crippen LogP contribution in [0.15, 0.2) is 12.8 Å². The Kier molecular flexibility index (Phi) is 4.36. The van der Waals surface area contributed by atoms with Crippen LogP contribution in [-0.2, 0) is 0 Å². The Bertz CT molecular complexity index is 57.5. The van der Waals surface area contributed by atoms with Gasteiger partial charge in [0.15, 0.2) is 0 Å². The largest absolute Gasteiger partial charge is 0.327 e. The van der Waals surface area contributed by atoms with E-state index in [0.29, 0.717) is 0 Å². The third-order valence-electron chi connectivity index (χ3n) is 1.04. The zero-order valence-electron chi connectivity index (χ0n) is 5.65. The van der Waals surface area contributed by atoms with Gasteiger partial charge >= 0.3 is 0 Å². The van der Waals surface area contributed by atoms with Crippen molar-refractivity contribution in [1.82, 2.24) is 10.4 Å². The van der Waals surface area contributed by atoms with Gasteiger partial charge in [-0.25, -0.2) is 5.01 Å². The number of hydrogen-bond donors (Lipinski definition) is 1. The van der Waals surface area contributed by atoms with Gasteiger partial charge in [-0.15, -0.1) is 0 Å². The van der Waals surface area contributed by atoms with Gasteiger partial charge in [-0.2, -0.15) is 0 Å². The lowest BCUT2D eigenvalue weighted by Crippen LogP contribution is -2.33. The summed E-state index contributed by atoms with van der Waals surface area (Å²) >= 11 is 0. The van der Waals surface area contributed by atoms with E-state index in [1.165, 1.54) is 0 Å². The van der Waals surface area contributed by atoms with Crippen LogP contribution in [0.4, 0.5) is 0 Å². The summed E-state index contributed by atoms with van der Waals surface area (Å²) in [5.41, 5.74) is 2.98. The maximum Gasteiger partial charge on any atom is 0.0150 e. The van der Waals surface area contributed by atoms with Gasteiger partial charge < -0.3 is 5.43 Å². The molecular weight excluding hydrogens is 100 g/mol. The molecule has 0 amide bonds. The van der Waals surface area contributed by atoms with Crippen molar-refractivity contribution in [1.29, 1.82) is 0 Å². The van der Waals surface area contributed by atoms with Gasteiger partial charge in [-0.05, 0) is 0 Å². The van der Waals surface area contributed by atoms with E-state index >= 15 is 0 Å². The first kappa shape index (κ1) is 7.50. The second-order valence-electron chi connectivity index (χ2n) is 1.51. The summed E-state index contributed by atoms with van der Waals surface area (Å²) in [6.45, 7) is 9.77. The molecule has 0 saturated heterocycles. The van der Waals surface area contributed by atoms with Crippen LogP contribution < -0.4 is 5.43 Å². The Labute approximate surface area is 51.2 Å². The van der Waals surface area contributed by atoms with Gasteiger partial charge in [0.05, 0.1) is 0 Å². The minimum atomic E-state index is 1.02. The van der Waals surface area contributed by atoms with Gasteiger partial charge in [0.25, 0.3) is 0 Å². The minimum Gasteiger partial charge on any atom is -0.327 e. The number of nitrogens with zero attached hydrogens (tertiary/aromatic N) is 1. The maximum absolute atomic E-state index is 3.54. The highest BCUT2D eigenvalue weighted by Crippen LogP contribution is 1.76. The van der Waals surface area contributed by atoms with Gasteiger partial charge in [0.1, 0.15) is 0 Å². The van der Waals surface area contributed by atoms with E-state index < -0.39 is 0 Å². The van der Waals surface area contributed by atoms with Crippen LogP contribution in [-0.4, -0.2) is 18.1 Å². The van der Waals surface area contributed by atoms with E-state index in [1.807, 2.05) is 0 Å². The van der Waals surface area contributed by atoms with Crippen molar-refractivity contribution < 1.29 is 0 Å². The quantitative estimate of drug-likeness (QED) is 0.548. The Morgan fingerprint density at radius 3 is 2.12 bits per heavy atom. The molecule has 0 radical (unpaired) electrons. The SMILES string of the molecule is C=CNN(CC)CC. The third kappa shape index (κ3) is 2.64. The van der Waals surface area contributed by atoms with Crippen LogP contribution >= 0.6 is 0 Å². The summed E-state index contributed by atoms with van der Waals surface area (Å²) in [7, 11) is 0. The standard InChI is InChI=1S/C6H14N2/c1-4-7-8(5-2)6-3/h4,7H,1,5-6H2,2-3H3. The monoisotopic (exact) mass is 114 g/mol. The molecular formula is C6H14N2. The molecule has 0 rings (SSSR count). The van der Waals surface area contributed by atoms with Crippen LogP contribution in [0.3, 0.4) is 0 Å². The van der Waals surface area contributed by atoms with Gasteiger partial charge in [0.2, 0.25) is 0 Å². The summed E-state index contributed by atoms with van der Waals surface area (Å²) < 4.78 is 0. The summed E-state index contributed by atoms with van der Waals surface area (Å²) in [5.74, 6) is 0. The molecule has 0 saturated carbocycles. The molecule has 0 aliphatic carbocycles. The van der Waals surface area contributed by atoms with E-state index in [1.54, 1.807) is 6.20 Å². The molecule has 0 aromatic rings. The second kappa shape index (κ2) is 4.65. The molecule has 0 fully saturated rings. The molecule has 0 aromatic carbocycles. The van der Waals surface area contributed by atoms with Crippen LogP contribution in [0.1, 0.15) is 13.8 Å². The van der Waals surface area contributed by atoms with Gasteiger partial charge in [-0.1, -0.05) is 20.4 Å². The first-order valence-corrected chi connectivity index (χ1v) is 2.97. The molecule has 0 spiro atoms. The minimum absolute atomic E-state index is 1.02. The molecule has 0 aromatic heterocycles. The van der Waals surface area contributed by atoms with E-state index in [4.69, 9.17) is 0 Å². The number of nitrogens with one attached hydrogen (secondary N) is 1. The Morgan fingerprint density at radius 1 is 1.50 bits per heavy atom. The van der Waals surface area contributed by atoms with Crippen LogP contribution in [0.5, 0.6) is 0 Å². The molecule has 8 heavy (non-hydrogen) atoms. The van der Waals surface area contributed by atoms with Gasteiger partial charge in [0, 0.05) is 19.3 Å². The summed E-state index contributed by atoms with van der Waals surface area (Å²) in [4.78, 5) is 0. The maximum atomic E-state index is 3.54. The van der Waals surface area contributed by atoms with Crippen molar-refractivity contribution in [3.8, 4) is 0 Å². The molecule has 0 aliphatic heterocycles. The first-order valence-electron chi connectivity index (χ1n) is 2.97. The molecule has 0 bridgehead atoms. The molecule has 1 N–H and O–H groups in total. The highest BCUT2D eigenvalue weighted by Gasteiger charge is 1.89. The molecule has 48 valence electrons. The van der Waals surface area contributed by atoms with Crippen molar-refractivity contribution in [2.24, 2.45) is 0 Å². The molecule has 0 atom stereocenters. The average molecular weight is 114 g/mol. The van der Waals surface area contributed by atoms with Crippen molar-refractivity contribution in [2.45, 2.75) is 13.8 Å². The summed E-state index contributed by atoms with van der Waals surface area (Å²) in [5, 5.41) is 2.06. The molecule has 2 heteroatoms. The predicted molar refractivity (Wildman–Crippen MR) is 36.3 cm³/mol. The smallest absolute Gasteiger partial charge is 0.0150 e. The first-order chi connectivity index (χ1) is 3.85. The number of hydrogen-bond acceptors (Lipinski definition) is 2. The number of hydrazine groups is 1. The van der Waals surface area contributed by atoms with Gasteiger partial charge in [-0.3, -0.25) is 0 Å². The van der Waals surface area contributed by atoms with E-state index in [9.17, 15) is 0 Å². The van der Waals surface area contributed by atoms with Crippen LogP contribution in [0.25, 0.3) is 0 Å². The van der Waals surface area contributed by atoms with Crippen molar-refractivity contribution in [3.05, 3.63) is 12.8 Å². The molecule has 2 nitrogen and oxygen atoms in total. The molecule has 0 unspecified atom stereocenters. The van der Waals surface area contributed by atoms with E-state index in [2.05, 4.69) is 30.9 Å². The fraction of sp³-hybridized carbons (Fsp3) is 0.667. The van der Waals surface area contributed by atoms with Crippen molar-refractivity contribution in [3.63, 3.8) is 0 Å². The third-order valence-corrected chi connectivity index (χ3v) is 1.04. The normalized spacial score (nSPS) is 9.38. The van der Waals surface area contributed by atoms with E-state index in [0.717, 1.165) is 13.1 Å². The molecule has 0 heterocycles. The van der Waals surface area contributed by atoms with Crippen molar-refractivity contribution in [2.75, 3.05) is 13.1 Å². The Hall–Kier alpha value is -0.500. The number of rotatable bonds is 4. The fourth-order valence-electron chi connectivity index (χ4n) is 0.535. The predicted octanol–water partition coefficient (Wildman–Crippen LogP) is 0.976. The lowest BCUT2D eigenvalue weighted by atomic mass is 10.6. The highest BCUT2D eigenvalue weighted by molar-refractivity contribution is 4.59. The molecule has 0 aliphatic rings. The second-order valence-corrected chi connectivity index (χ2v) is 1.51. The zero-order chi connectivity index (χ0) is 6.41. The average Bonchev–Trinajstić information content (AvgIpc) is 1.83. The zero-order valence-corrected chi connectivity index (χ0v) is 5.65. The topological polar surface area (TPSA) is 15.3 Å². The highest BCUT2D eigenvalue weighted by atomic mass is 15.5. The summed E-state index contributed by atoms with van der Waals surface area (Å²) in [6.07, 6.45) is 1.69. The summed E-state index contributed by atoms with van der Waals surface area (Å²) in [6, 6.07) is 0. The van der Waals surface area contributed by atoms with Crippen molar-refractivity contribution >= 4 is 0 Å².